The molecule has 2 rings (SSSR count). The molecule has 1 N–H and O–H groups in total. The highest BCUT2D eigenvalue weighted by molar-refractivity contribution is 5.33. The first-order valence-electron chi connectivity index (χ1n) is 6.73. The highest BCUT2D eigenvalue weighted by Crippen LogP contribution is 2.14. The number of hydrogen-bond donors (Lipinski definition) is 1. The van der Waals surface area contributed by atoms with Crippen LogP contribution in [0.15, 0.2) is 24.4 Å². The quantitative estimate of drug-likeness (QED) is 0.895. The third kappa shape index (κ3) is 3.64. The van der Waals surface area contributed by atoms with Crippen molar-refractivity contribution < 1.29 is 0 Å². The normalized spacial score (nSPS) is 11.2. The van der Waals surface area contributed by atoms with Gasteiger partial charge in [-0.3, -0.25) is 0 Å². The van der Waals surface area contributed by atoms with E-state index < -0.39 is 0 Å². The molecular weight excluding hydrogens is 236 g/mol. The van der Waals surface area contributed by atoms with Crippen LogP contribution in [0.1, 0.15) is 36.2 Å². The Bertz CT molecular complexity index is 523. The minimum atomic E-state index is 0.462. The van der Waals surface area contributed by atoms with Gasteiger partial charge in [-0.2, -0.15) is 0 Å². The maximum Gasteiger partial charge on any atom is 0.0965 e. The lowest BCUT2D eigenvalue weighted by molar-refractivity contribution is 0.580. The van der Waals surface area contributed by atoms with Gasteiger partial charge in [0.15, 0.2) is 0 Å². The predicted molar refractivity (Wildman–Crippen MR) is 77.0 cm³/mol. The molecule has 0 unspecified atom stereocenters. The number of hydrogen-bond acceptors (Lipinski definition) is 3. The lowest BCUT2D eigenvalue weighted by atomic mass is 10.0. The van der Waals surface area contributed by atoms with E-state index in [0.29, 0.717) is 6.04 Å². The molecule has 2 aromatic rings. The van der Waals surface area contributed by atoms with E-state index in [-0.39, 0.29) is 0 Å². The maximum absolute atomic E-state index is 4.20. The Morgan fingerprint density at radius 3 is 2.53 bits per heavy atom. The minimum Gasteiger partial charge on any atom is -0.309 e. The zero-order chi connectivity index (χ0) is 13.8. The van der Waals surface area contributed by atoms with Crippen molar-refractivity contribution in [3.05, 3.63) is 46.8 Å². The van der Waals surface area contributed by atoms with Gasteiger partial charge >= 0.3 is 0 Å². The van der Waals surface area contributed by atoms with Crippen molar-refractivity contribution in [2.45, 2.75) is 46.8 Å². The minimum absolute atomic E-state index is 0.462. The molecular formula is C15H22N4. The lowest BCUT2D eigenvalue weighted by Crippen LogP contribution is -2.21. The van der Waals surface area contributed by atoms with E-state index in [4.69, 9.17) is 0 Å². The molecule has 0 aliphatic heterocycles. The monoisotopic (exact) mass is 258 g/mol. The molecule has 0 radical (unpaired) electrons. The lowest BCUT2D eigenvalue weighted by Gasteiger charge is -2.08. The summed E-state index contributed by atoms with van der Waals surface area (Å²) in [6.45, 7) is 10.1. The van der Waals surface area contributed by atoms with Crippen molar-refractivity contribution in [3.8, 4) is 0 Å². The second-order valence-corrected chi connectivity index (χ2v) is 5.31. The van der Waals surface area contributed by atoms with E-state index in [2.05, 4.69) is 61.5 Å². The van der Waals surface area contributed by atoms with Crippen LogP contribution in [0.5, 0.6) is 0 Å². The summed E-state index contributed by atoms with van der Waals surface area (Å²) in [6, 6.07) is 6.83. The van der Waals surface area contributed by atoms with Crippen LogP contribution in [-0.2, 0) is 13.1 Å². The van der Waals surface area contributed by atoms with Crippen molar-refractivity contribution in [2.24, 2.45) is 0 Å². The fraction of sp³-hybridized carbons (Fsp3) is 0.467. The fourth-order valence-corrected chi connectivity index (χ4v) is 2.07. The average molecular weight is 258 g/mol. The summed E-state index contributed by atoms with van der Waals surface area (Å²) < 4.78 is 1.91. The van der Waals surface area contributed by atoms with Gasteiger partial charge in [0.1, 0.15) is 0 Å². The molecule has 19 heavy (non-hydrogen) atoms. The SMILES string of the molecule is Cc1cccc(C)c1Cn1cc(CNC(C)C)nn1. The molecule has 0 aliphatic carbocycles. The van der Waals surface area contributed by atoms with E-state index in [1.165, 1.54) is 16.7 Å². The number of aryl methyl sites for hydroxylation is 2. The van der Waals surface area contributed by atoms with Gasteiger partial charge in [-0.05, 0) is 30.5 Å². The smallest absolute Gasteiger partial charge is 0.0965 e. The molecule has 0 fully saturated rings. The summed E-state index contributed by atoms with van der Waals surface area (Å²) in [4.78, 5) is 0. The maximum atomic E-state index is 4.20. The van der Waals surface area contributed by atoms with Crippen molar-refractivity contribution in [1.82, 2.24) is 20.3 Å². The van der Waals surface area contributed by atoms with Crippen LogP contribution in [0.25, 0.3) is 0 Å². The molecule has 0 atom stereocenters. The summed E-state index contributed by atoms with van der Waals surface area (Å²) >= 11 is 0. The fourth-order valence-electron chi connectivity index (χ4n) is 2.07. The molecule has 0 aliphatic rings. The van der Waals surface area contributed by atoms with E-state index in [1.54, 1.807) is 0 Å². The Hall–Kier alpha value is -1.68. The highest BCUT2D eigenvalue weighted by Gasteiger charge is 2.06. The van der Waals surface area contributed by atoms with Crippen LogP contribution in [0, 0.1) is 13.8 Å². The van der Waals surface area contributed by atoms with Gasteiger partial charge < -0.3 is 5.32 Å². The number of nitrogens with one attached hydrogen (secondary N) is 1. The summed E-state index contributed by atoms with van der Waals surface area (Å²) in [7, 11) is 0. The predicted octanol–water partition coefficient (Wildman–Crippen LogP) is 2.44. The molecule has 102 valence electrons. The Morgan fingerprint density at radius 1 is 1.21 bits per heavy atom. The molecule has 4 heteroatoms. The van der Waals surface area contributed by atoms with Crippen LogP contribution in [0.4, 0.5) is 0 Å². The van der Waals surface area contributed by atoms with Crippen molar-refractivity contribution in [1.29, 1.82) is 0 Å². The standard InChI is InChI=1S/C15H22N4/c1-11(2)16-8-14-9-19(18-17-14)10-15-12(3)6-5-7-13(15)4/h5-7,9,11,16H,8,10H2,1-4H3. The van der Waals surface area contributed by atoms with Gasteiger partial charge in [-0.1, -0.05) is 37.3 Å². The average Bonchev–Trinajstić information content (AvgIpc) is 2.79. The summed E-state index contributed by atoms with van der Waals surface area (Å²) in [5, 5.41) is 11.7. The molecule has 0 bridgehead atoms. The zero-order valence-corrected chi connectivity index (χ0v) is 12.1. The number of aromatic nitrogens is 3. The van der Waals surface area contributed by atoms with Crippen LogP contribution >= 0.6 is 0 Å². The second-order valence-electron chi connectivity index (χ2n) is 5.31. The first-order valence-corrected chi connectivity index (χ1v) is 6.73. The van der Waals surface area contributed by atoms with Crippen LogP contribution < -0.4 is 5.32 Å². The van der Waals surface area contributed by atoms with Gasteiger partial charge in [-0.15, -0.1) is 5.10 Å². The Labute approximate surface area is 114 Å². The second kappa shape index (κ2) is 5.97. The Kier molecular flexibility index (Phi) is 4.32. The van der Waals surface area contributed by atoms with E-state index in [9.17, 15) is 0 Å². The van der Waals surface area contributed by atoms with Gasteiger partial charge in [0.05, 0.1) is 18.4 Å². The van der Waals surface area contributed by atoms with Crippen LogP contribution in [-0.4, -0.2) is 21.0 Å². The molecule has 0 saturated carbocycles. The molecule has 0 saturated heterocycles. The highest BCUT2D eigenvalue weighted by atomic mass is 15.4. The molecule has 1 heterocycles. The third-order valence-electron chi connectivity index (χ3n) is 3.24. The first kappa shape index (κ1) is 13.7. The molecule has 1 aromatic carbocycles. The van der Waals surface area contributed by atoms with Crippen molar-refractivity contribution in [3.63, 3.8) is 0 Å². The topological polar surface area (TPSA) is 42.7 Å². The largest absolute Gasteiger partial charge is 0.309 e. The van der Waals surface area contributed by atoms with Gasteiger partial charge in [0.2, 0.25) is 0 Å². The first-order chi connectivity index (χ1) is 9.06. The third-order valence-corrected chi connectivity index (χ3v) is 3.24. The number of benzene rings is 1. The zero-order valence-electron chi connectivity index (χ0n) is 12.1. The van der Waals surface area contributed by atoms with Gasteiger partial charge in [0.25, 0.3) is 0 Å². The molecule has 4 nitrogen and oxygen atoms in total. The van der Waals surface area contributed by atoms with Crippen molar-refractivity contribution in [2.75, 3.05) is 0 Å². The number of nitrogens with zero attached hydrogens (tertiary/aromatic N) is 3. The Morgan fingerprint density at radius 2 is 1.89 bits per heavy atom. The number of rotatable bonds is 5. The Balaban J connectivity index is 2.07. The van der Waals surface area contributed by atoms with E-state index in [0.717, 1.165) is 18.8 Å². The van der Waals surface area contributed by atoms with Crippen LogP contribution in [0.2, 0.25) is 0 Å². The molecule has 0 spiro atoms. The van der Waals surface area contributed by atoms with E-state index in [1.807, 2.05) is 10.9 Å². The molecule has 1 aromatic heterocycles. The summed E-state index contributed by atoms with van der Waals surface area (Å²) in [5.74, 6) is 0. The van der Waals surface area contributed by atoms with Crippen LogP contribution in [0.3, 0.4) is 0 Å². The summed E-state index contributed by atoms with van der Waals surface area (Å²) in [5.41, 5.74) is 4.92. The van der Waals surface area contributed by atoms with Gasteiger partial charge in [0, 0.05) is 12.6 Å². The van der Waals surface area contributed by atoms with E-state index >= 15 is 0 Å². The summed E-state index contributed by atoms with van der Waals surface area (Å²) in [6.07, 6.45) is 2.02. The van der Waals surface area contributed by atoms with Crippen molar-refractivity contribution >= 4 is 0 Å². The molecule has 0 amide bonds. The van der Waals surface area contributed by atoms with Gasteiger partial charge in [-0.25, -0.2) is 4.68 Å².